The Bertz CT molecular complexity index is 674. The molecule has 3 rings (SSSR count). The predicted octanol–water partition coefficient (Wildman–Crippen LogP) is 4.35. The van der Waals surface area contributed by atoms with Gasteiger partial charge in [-0.05, 0) is 54.7 Å². The molecule has 3 heteroatoms. The molecule has 0 aliphatic heterocycles. The van der Waals surface area contributed by atoms with E-state index in [1.54, 1.807) is 31.4 Å². The number of rotatable bonds is 4. The first-order valence-corrected chi connectivity index (χ1v) is 7.83. The minimum Gasteiger partial charge on any atom is -0.497 e. The lowest BCUT2D eigenvalue weighted by Gasteiger charge is -2.25. The molecule has 0 amide bonds. The van der Waals surface area contributed by atoms with E-state index in [9.17, 15) is 4.79 Å². The van der Waals surface area contributed by atoms with Crippen LogP contribution in [0.2, 0.25) is 0 Å². The molecule has 0 saturated heterocycles. The van der Waals surface area contributed by atoms with Crippen molar-refractivity contribution in [1.82, 2.24) is 0 Å². The van der Waals surface area contributed by atoms with Crippen molar-refractivity contribution in [3.63, 3.8) is 0 Å². The zero-order valence-corrected chi connectivity index (χ0v) is 13.1. The lowest BCUT2D eigenvalue weighted by atomic mass is 9.86. The number of hydrogen-bond acceptors (Lipinski definition) is 3. The summed E-state index contributed by atoms with van der Waals surface area (Å²) in [6, 6.07) is 17.4. The van der Waals surface area contributed by atoms with Gasteiger partial charge >= 0.3 is 5.97 Å². The molecule has 1 aliphatic carbocycles. The zero-order chi connectivity index (χ0) is 16.1. The fraction of sp³-hybridized carbons (Fsp3) is 0.250. The summed E-state index contributed by atoms with van der Waals surface area (Å²) in [5, 5.41) is 0. The number of carbonyl (C=O) groups excluding carboxylic acids is 1. The van der Waals surface area contributed by atoms with Crippen molar-refractivity contribution < 1.29 is 14.3 Å². The molecule has 0 heterocycles. The van der Waals surface area contributed by atoms with Gasteiger partial charge in [0.2, 0.25) is 0 Å². The van der Waals surface area contributed by atoms with E-state index >= 15 is 0 Å². The van der Waals surface area contributed by atoms with E-state index in [0.717, 1.165) is 18.6 Å². The molecule has 2 atom stereocenters. The Kier molecular flexibility index (Phi) is 4.77. The van der Waals surface area contributed by atoms with Gasteiger partial charge in [0.15, 0.2) is 0 Å². The summed E-state index contributed by atoms with van der Waals surface area (Å²) < 4.78 is 10.7. The minimum atomic E-state index is -0.295. The first-order chi connectivity index (χ1) is 11.3. The fourth-order valence-electron chi connectivity index (χ4n) is 2.87. The number of hydrogen-bond donors (Lipinski definition) is 0. The number of allylic oxidation sites excluding steroid dienone is 1. The number of esters is 1. The van der Waals surface area contributed by atoms with Crippen molar-refractivity contribution in [3.8, 4) is 5.75 Å². The smallest absolute Gasteiger partial charge is 0.338 e. The van der Waals surface area contributed by atoms with Crippen LogP contribution in [0.1, 0.15) is 34.7 Å². The maximum absolute atomic E-state index is 12.3. The lowest BCUT2D eigenvalue weighted by Crippen LogP contribution is -2.21. The topological polar surface area (TPSA) is 35.5 Å². The van der Waals surface area contributed by atoms with Gasteiger partial charge in [0.05, 0.1) is 12.7 Å². The molecule has 0 radical (unpaired) electrons. The quantitative estimate of drug-likeness (QED) is 0.622. The van der Waals surface area contributed by atoms with Crippen molar-refractivity contribution >= 4 is 5.97 Å². The third-order valence-corrected chi connectivity index (χ3v) is 4.14. The van der Waals surface area contributed by atoms with Gasteiger partial charge in [-0.3, -0.25) is 0 Å². The molecule has 0 saturated carbocycles. The van der Waals surface area contributed by atoms with Crippen molar-refractivity contribution in [2.45, 2.75) is 24.9 Å². The van der Waals surface area contributed by atoms with E-state index in [1.165, 1.54) is 5.56 Å². The molecule has 118 valence electrons. The van der Waals surface area contributed by atoms with Crippen LogP contribution >= 0.6 is 0 Å². The molecular formula is C20H20O3. The Hall–Kier alpha value is -2.55. The Labute approximate surface area is 136 Å². The van der Waals surface area contributed by atoms with Crippen molar-refractivity contribution in [1.29, 1.82) is 0 Å². The maximum atomic E-state index is 12.3. The van der Waals surface area contributed by atoms with Crippen LogP contribution in [0.5, 0.6) is 5.75 Å². The summed E-state index contributed by atoms with van der Waals surface area (Å²) >= 11 is 0. The normalized spacial score (nSPS) is 20.0. The molecule has 23 heavy (non-hydrogen) atoms. The molecule has 2 aromatic rings. The molecule has 0 bridgehead atoms. The van der Waals surface area contributed by atoms with Gasteiger partial charge in [-0.15, -0.1) is 0 Å². The van der Waals surface area contributed by atoms with E-state index < -0.39 is 0 Å². The lowest BCUT2D eigenvalue weighted by molar-refractivity contribution is 0.0359. The van der Waals surface area contributed by atoms with Crippen LogP contribution in [0.25, 0.3) is 0 Å². The number of ether oxygens (including phenoxy) is 2. The molecule has 0 N–H and O–H groups in total. The first kappa shape index (κ1) is 15.3. The molecule has 0 fully saturated rings. The van der Waals surface area contributed by atoms with Gasteiger partial charge in [0, 0.05) is 0 Å². The number of benzene rings is 2. The summed E-state index contributed by atoms with van der Waals surface area (Å²) in [5.74, 6) is 0.828. The van der Waals surface area contributed by atoms with Crippen LogP contribution in [0.3, 0.4) is 0 Å². The Morgan fingerprint density at radius 2 is 1.78 bits per heavy atom. The molecule has 0 spiro atoms. The highest BCUT2D eigenvalue weighted by Crippen LogP contribution is 2.30. The van der Waals surface area contributed by atoms with Gasteiger partial charge < -0.3 is 9.47 Å². The highest BCUT2D eigenvalue weighted by atomic mass is 16.5. The summed E-state index contributed by atoms with van der Waals surface area (Å²) in [6.45, 7) is 0. The highest BCUT2D eigenvalue weighted by Gasteiger charge is 2.22. The van der Waals surface area contributed by atoms with Crippen LogP contribution < -0.4 is 4.74 Å². The van der Waals surface area contributed by atoms with Crippen molar-refractivity contribution in [2.75, 3.05) is 7.11 Å². The van der Waals surface area contributed by atoms with Crippen LogP contribution in [0.15, 0.2) is 66.7 Å². The van der Waals surface area contributed by atoms with Crippen molar-refractivity contribution in [2.24, 2.45) is 0 Å². The molecule has 0 unspecified atom stereocenters. The molecule has 1 aliphatic rings. The van der Waals surface area contributed by atoms with E-state index in [0.29, 0.717) is 11.5 Å². The maximum Gasteiger partial charge on any atom is 0.338 e. The Morgan fingerprint density at radius 1 is 1.04 bits per heavy atom. The largest absolute Gasteiger partial charge is 0.497 e. The summed E-state index contributed by atoms with van der Waals surface area (Å²) in [5.41, 5.74) is 1.84. The molecule has 3 nitrogen and oxygen atoms in total. The third-order valence-electron chi connectivity index (χ3n) is 4.14. The number of methoxy groups -OCH3 is 1. The molecule has 2 aromatic carbocycles. The van der Waals surface area contributed by atoms with E-state index in [2.05, 4.69) is 18.2 Å². The second-order valence-electron chi connectivity index (χ2n) is 5.68. The average Bonchev–Trinajstić information content (AvgIpc) is 2.63. The van der Waals surface area contributed by atoms with Crippen LogP contribution in [-0.4, -0.2) is 19.2 Å². The van der Waals surface area contributed by atoms with Gasteiger partial charge in [-0.1, -0.05) is 36.4 Å². The van der Waals surface area contributed by atoms with Crippen LogP contribution in [-0.2, 0) is 4.74 Å². The van der Waals surface area contributed by atoms with Crippen LogP contribution in [0, 0.1) is 0 Å². The average molecular weight is 308 g/mol. The third kappa shape index (κ3) is 3.81. The van der Waals surface area contributed by atoms with E-state index in [1.807, 2.05) is 24.3 Å². The Balaban J connectivity index is 1.64. The molecule has 0 aromatic heterocycles. The van der Waals surface area contributed by atoms with Crippen molar-refractivity contribution in [3.05, 3.63) is 77.9 Å². The SMILES string of the molecule is COc1ccc(C(=O)O[C@@H]2C=CC[C@H](c3ccccc3)C2)cc1. The predicted molar refractivity (Wildman–Crippen MR) is 89.8 cm³/mol. The number of carbonyl (C=O) groups is 1. The minimum absolute atomic E-state index is 0.177. The summed E-state index contributed by atoms with van der Waals surface area (Å²) in [4.78, 5) is 12.3. The van der Waals surface area contributed by atoms with E-state index in [-0.39, 0.29) is 12.1 Å². The Morgan fingerprint density at radius 3 is 2.48 bits per heavy atom. The van der Waals surface area contributed by atoms with E-state index in [4.69, 9.17) is 9.47 Å². The van der Waals surface area contributed by atoms with Gasteiger partial charge in [0.1, 0.15) is 11.9 Å². The zero-order valence-electron chi connectivity index (χ0n) is 13.1. The molecular weight excluding hydrogens is 288 g/mol. The highest BCUT2D eigenvalue weighted by molar-refractivity contribution is 5.89. The van der Waals surface area contributed by atoms with Gasteiger partial charge in [-0.2, -0.15) is 0 Å². The van der Waals surface area contributed by atoms with Gasteiger partial charge in [-0.25, -0.2) is 4.79 Å². The second-order valence-corrected chi connectivity index (χ2v) is 5.68. The summed E-state index contributed by atoms with van der Waals surface area (Å²) in [7, 11) is 1.60. The summed E-state index contributed by atoms with van der Waals surface area (Å²) in [6.07, 6.45) is 5.72. The standard InChI is InChI=1S/C20H20O3/c1-22-18-12-10-16(11-13-18)20(21)23-19-9-5-8-17(14-19)15-6-3-2-4-7-15/h2-7,9-13,17,19H,8,14H2,1H3/t17-,19+/m0/s1. The van der Waals surface area contributed by atoms with Gasteiger partial charge in [0.25, 0.3) is 0 Å². The second kappa shape index (κ2) is 7.14. The van der Waals surface area contributed by atoms with Crippen LogP contribution in [0.4, 0.5) is 0 Å². The monoisotopic (exact) mass is 308 g/mol. The fourth-order valence-corrected chi connectivity index (χ4v) is 2.87. The first-order valence-electron chi connectivity index (χ1n) is 7.83.